The van der Waals surface area contributed by atoms with Gasteiger partial charge in [-0.25, -0.2) is 9.98 Å². The predicted molar refractivity (Wildman–Crippen MR) is 100 cm³/mol. The third kappa shape index (κ3) is 6.97. The number of aliphatic imine (C=N–C) groups is 1. The van der Waals surface area contributed by atoms with Gasteiger partial charge in [0.05, 0.1) is 6.54 Å². The number of nitrogens with one attached hydrogen (secondary N) is 2. The van der Waals surface area contributed by atoms with Gasteiger partial charge in [0.2, 0.25) is 5.89 Å². The summed E-state index contributed by atoms with van der Waals surface area (Å²) in [4.78, 5) is 9.07. The third-order valence-corrected chi connectivity index (χ3v) is 3.63. The second-order valence-electron chi connectivity index (χ2n) is 5.69. The molecule has 2 aromatic rings. The Balaban J connectivity index is 1.83. The zero-order valence-electron chi connectivity index (χ0n) is 15.1. The van der Waals surface area contributed by atoms with Crippen LogP contribution in [0.5, 0.6) is 0 Å². The van der Waals surface area contributed by atoms with Gasteiger partial charge in [-0.3, -0.25) is 0 Å². The minimum Gasteiger partial charge on any atom is -0.444 e. The normalized spacial score (nSPS) is 11.5. The van der Waals surface area contributed by atoms with Crippen molar-refractivity contribution in [3.8, 4) is 11.5 Å². The van der Waals surface area contributed by atoms with Gasteiger partial charge in [0.25, 0.3) is 0 Å². The summed E-state index contributed by atoms with van der Waals surface area (Å²) in [5.74, 6) is 1.43. The van der Waals surface area contributed by atoms with Crippen LogP contribution in [0.15, 0.2) is 46.0 Å². The van der Waals surface area contributed by atoms with Gasteiger partial charge >= 0.3 is 0 Å². The van der Waals surface area contributed by atoms with E-state index >= 15 is 0 Å². The molecule has 0 amide bonds. The molecule has 2 rings (SSSR count). The maximum Gasteiger partial charge on any atom is 0.226 e. The van der Waals surface area contributed by atoms with E-state index in [0.29, 0.717) is 12.4 Å². The number of methoxy groups -OCH3 is 1. The fourth-order valence-electron chi connectivity index (χ4n) is 2.35. The van der Waals surface area contributed by atoms with Crippen LogP contribution >= 0.6 is 0 Å². The van der Waals surface area contributed by atoms with E-state index in [4.69, 9.17) is 9.15 Å². The maximum absolute atomic E-state index is 5.55. The van der Waals surface area contributed by atoms with Crippen molar-refractivity contribution in [1.82, 2.24) is 15.6 Å². The number of rotatable bonds is 10. The highest BCUT2D eigenvalue weighted by Gasteiger charge is 2.06. The molecule has 1 aromatic carbocycles. The van der Waals surface area contributed by atoms with E-state index in [1.807, 2.05) is 30.3 Å². The van der Waals surface area contributed by atoms with E-state index in [9.17, 15) is 0 Å². The highest BCUT2D eigenvalue weighted by atomic mass is 16.5. The number of aromatic nitrogens is 1. The lowest BCUT2D eigenvalue weighted by Gasteiger charge is -2.10. The Bertz CT molecular complexity index is 625. The summed E-state index contributed by atoms with van der Waals surface area (Å²) in [7, 11) is 1.74. The SMILES string of the molecule is CCNC(=NCc1coc(-c2ccccc2)n1)NCCCCCOC. The van der Waals surface area contributed by atoms with Gasteiger partial charge in [-0.2, -0.15) is 0 Å². The maximum atomic E-state index is 5.55. The number of unbranched alkanes of at least 4 members (excludes halogenated alkanes) is 2. The van der Waals surface area contributed by atoms with Gasteiger partial charge in [0, 0.05) is 32.4 Å². The first-order valence-corrected chi connectivity index (χ1v) is 8.84. The van der Waals surface area contributed by atoms with E-state index < -0.39 is 0 Å². The van der Waals surface area contributed by atoms with Crippen molar-refractivity contribution >= 4 is 5.96 Å². The van der Waals surface area contributed by atoms with Crippen LogP contribution in [0.25, 0.3) is 11.5 Å². The number of nitrogens with zero attached hydrogens (tertiary/aromatic N) is 2. The van der Waals surface area contributed by atoms with Crippen molar-refractivity contribution in [2.75, 3.05) is 26.8 Å². The largest absolute Gasteiger partial charge is 0.444 e. The van der Waals surface area contributed by atoms with E-state index in [1.165, 1.54) is 0 Å². The lowest BCUT2D eigenvalue weighted by molar-refractivity contribution is 0.192. The van der Waals surface area contributed by atoms with Gasteiger partial charge in [0.15, 0.2) is 5.96 Å². The Morgan fingerprint density at radius 2 is 2.00 bits per heavy atom. The molecule has 6 heteroatoms. The molecule has 0 fully saturated rings. The van der Waals surface area contributed by atoms with Gasteiger partial charge in [-0.05, 0) is 38.3 Å². The molecule has 25 heavy (non-hydrogen) atoms. The average molecular weight is 344 g/mol. The average Bonchev–Trinajstić information content (AvgIpc) is 3.12. The van der Waals surface area contributed by atoms with Crippen LogP contribution in [0, 0.1) is 0 Å². The van der Waals surface area contributed by atoms with Crippen molar-refractivity contribution in [1.29, 1.82) is 0 Å². The van der Waals surface area contributed by atoms with Crippen molar-refractivity contribution in [3.63, 3.8) is 0 Å². The molecular formula is C19H28N4O2. The van der Waals surface area contributed by atoms with Crippen LogP contribution in [0.3, 0.4) is 0 Å². The molecule has 0 saturated heterocycles. The summed E-state index contributed by atoms with van der Waals surface area (Å²) in [6.45, 7) is 5.08. The van der Waals surface area contributed by atoms with Gasteiger partial charge in [-0.1, -0.05) is 18.2 Å². The molecule has 0 bridgehead atoms. The van der Waals surface area contributed by atoms with Crippen LogP contribution in [0.2, 0.25) is 0 Å². The summed E-state index contributed by atoms with van der Waals surface area (Å²) < 4.78 is 10.6. The minimum absolute atomic E-state index is 0.481. The summed E-state index contributed by atoms with van der Waals surface area (Å²) >= 11 is 0. The molecule has 136 valence electrons. The number of benzene rings is 1. The molecule has 0 aliphatic heterocycles. The molecule has 1 aromatic heterocycles. The zero-order chi connectivity index (χ0) is 17.7. The summed E-state index contributed by atoms with van der Waals surface area (Å²) in [5, 5.41) is 6.60. The van der Waals surface area contributed by atoms with Crippen LogP contribution in [-0.2, 0) is 11.3 Å². The number of oxazole rings is 1. The Labute approximate surface area is 149 Å². The second-order valence-corrected chi connectivity index (χ2v) is 5.69. The van der Waals surface area contributed by atoms with Crippen LogP contribution < -0.4 is 10.6 Å². The van der Waals surface area contributed by atoms with E-state index in [1.54, 1.807) is 13.4 Å². The Morgan fingerprint density at radius 1 is 1.16 bits per heavy atom. The molecule has 0 radical (unpaired) electrons. The quantitative estimate of drug-likeness (QED) is 0.393. The van der Waals surface area contributed by atoms with Gasteiger partial charge in [-0.15, -0.1) is 0 Å². The third-order valence-electron chi connectivity index (χ3n) is 3.63. The number of hydrogen-bond donors (Lipinski definition) is 2. The molecular weight excluding hydrogens is 316 g/mol. The molecule has 0 spiro atoms. The number of hydrogen-bond acceptors (Lipinski definition) is 4. The second kappa shape index (κ2) is 11.3. The first kappa shape index (κ1) is 19.0. The smallest absolute Gasteiger partial charge is 0.226 e. The number of ether oxygens (including phenoxy) is 1. The lowest BCUT2D eigenvalue weighted by atomic mass is 10.2. The summed E-state index contributed by atoms with van der Waals surface area (Å²) in [6, 6.07) is 9.87. The highest BCUT2D eigenvalue weighted by molar-refractivity contribution is 5.79. The fourth-order valence-corrected chi connectivity index (χ4v) is 2.35. The molecule has 0 saturated carbocycles. The summed E-state index contributed by atoms with van der Waals surface area (Å²) in [6.07, 6.45) is 4.99. The standard InChI is InChI=1S/C19H28N4O2/c1-3-20-19(21-12-8-5-9-13-24-2)22-14-17-15-25-18(23-17)16-10-6-4-7-11-16/h4,6-7,10-11,15H,3,5,8-9,12-14H2,1-2H3,(H2,20,21,22). The molecule has 0 atom stereocenters. The minimum atomic E-state index is 0.481. The van der Waals surface area contributed by atoms with Gasteiger partial charge in [0.1, 0.15) is 12.0 Å². The lowest BCUT2D eigenvalue weighted by Crippen LogP contribution is -2.37. The van der Waals surface area contributed by atoms with Crippen molar-refractivity contribution < 1.29 is 9.15 Å². The first-order valence-electron chi connectivity index (χ1n) is 8.84. The predicted octanol–water partition coefficient (Wildman–Crippen LogP) is 3.21. The summed E-state index contributed by atoms with van der Waals surface area (Å²) in [5.41, 5.74) is 1.79. The van der Waals surface area contributed by atoms with Crippen LogP contribution in [-0.4, -0.2) is 37.7 Å². The van der Waals surface area contributed by atoms with Crippen molar-refractivity contribution in [3.05, 3.63) is 42.3 Å². The topological polar surface area (TPSA) is 71.7 Å². The monoisotopic (exact) mass is 344 g/mol. The van der Waals surface area contributed by atoms with Crippen LogP contribution in [0.4, 0.5) is 0 Å². The molecule has 2 N–H and O–H groups in total. The Kier molecular flexibility index (Phi) is 8.55. The van der Waals surface area contributed by atoms with Crippen molar-refractivity contribution in [2.24, 2.45) is 4.99 Å². The van der Waals surface area contributed by atoms with E-state index in [-0.39, 0.29) is 0 Å². The molecule has 6 nitrogen and oxygen atoms in total. The van der Waals surface area contributed by atoms with E-state index in [2.05, 4.69) is 27.5 Å². The Morgan fingerprint density at radius 3 is 2.76 bits per heavy atom. The molecule has 0 unspecified atom stereocenters. The molecule has 0 aliphatic carbocycles. The zero-order valence-corrected chi connectivity index (χ0v) is 15.1. The van der Waals surface area contributed by atoms with Crippen molar-refractivity contribution in [2.45, 2.75) is 32.7 Å². The van der Waals surface area contributed by atoms with E-state index in [0.717, 1.165) is 56.2 Å². The fraction of sp³-hybridized carbons (Fsp3) is 0.474. The molecule has 1 heterocycles. The first-order chi connectivity index (χ1) is 12.3. The van der Waals surface area contributed by atoms with Gasteiger partial charge < -0.3 is 19.8 Å². The molecule has 0 aliphatic rings. The van der Waals surface area contributed by atoms with Crippen LogP contribution in [0.1, 0.15) is 31.9 Å². The highest BCUT2D eigenvalue weighted by Crippen LogP contribution is 2.18. The Hall–Kier alpha value is -2.34. The number of guanidine groups is 1.